The molecule has 4 heterocycles. The summed E-state index contributed by atoms with van der Waals surface area (Å²) >= 11 is 17.0. The summed E-state index contributed by atoms with van der Waals surface area (Å²) in [5.41, 5.74) is 3.55. The number of nitrogens with one attached hydrogen (secondary N) is 1. The molecule has 2 aliphatic carbocycles. The highest BCUT2D eigenvalue weighted by atomic mass is 35.5. The van der Waals surface area contributed by atoms with E-state index in [1.165, 1.54) is 17.2 Å². The number of ether oxygens (including phenoxy) is 3. The Labute approximate surface area is 559 Å². The summed E-state index contributed by atoms with van der Waals surface area (Å²) in [4.78, 5) is 104. The SMILES string of the molecule is C#CCN1C(=O)COc2cc(F)c(N3C(=O)C4=C(CCCC4)C3=O)cc21.CC1COc2ccccc2N1C(=O)C(Cl)Cl.CCc1cccc(C)c1N(C(=O)CCl)C(C)COC.CS(=O)(=O)c1cc(C(F)(F)F)ccc1C(=O)c1cnoc1C1CC1.O=C(O)CNCP(=O)(O)O. The molecule has 95 heavy (non-hydrogen) atoms. The standard InChI is InChI=1S/C19H15FN2O4.C15H22ClNO2.C15H12F3NO4S.C11H11Cl2NO2.C3H8NO5P/c1-2-7-21-15-9-14(13(20)8-16(15)26-10-17(21)23)22-18(24)11-5-3-4-6-12(11)19(22)25;1-5-13-8-6-7-11(2)15(13)17(14(18)9-16)12(3)10-19-4;1-24(21,22)12-6-9(15(16,17)18)4-5-10(12)13(20)11-7-19-23-14(11)8-2-3-8;1-7-6-16-9-5-3-2-4-8(9)14(7)11(15)10(12)13;5-3(6)1-4-2-10(7,8)9/h1,8-9H,3-7,10H2;6-8,12H,5,9-10H2,1-4H3;4-8H,2-3H2,1H3;2-5,7,10H,6H2,1H3;4H,1-2H2,(H,5,6)(H2,7,8,9). The number of carbonyl (C=O) groups excluding carboxylic acids is 6. The Morgan fingerprint density at radius 2 is 1.59 bits per heavy atom. The maximum atomic E-state index is 14.7. The van der Waals surface area contributed by atoms with E-state index in [-0.39, 0.29) is 83.0 Å². The minimum Gasteiger partial charge on any atom is -0.489 e. The van der Waals surface area contributed by atoms with Crippen LogP contribution in [0.15, 0.2) is 99.6 Å². The number of rotatable bonds is 17. The number of alkyl halides is 6. The predicted molar refractivity (Wildman–Crippen MR) is 345 cm³/mol. The fourth-order valence-corrected chi connectivity index (χ4v) is 12.0. The third-order valence-electron chi connectivity index (χ3n) is 14.8. The van der Waals surface area contributed by atoms with Gasteiger partial charge in [-0.15, -0.1) is 18.0 Å². The maximum Gasteiger partial charge on any atom is 0.416 e. The average Bonchev–Trinajstić information content (AvgIpc) is 1.66. The van der Waals surface area contributed by atoms with Gasteiger partial charge >= 0.3 is 19.7 Å². The van der Waals surface area contributed by atoms with Crippen molar-refractivity contribution in [1.29, 1.82) is 0 Å². The number of carbonyl (C=O) groups is 7. The van der Waals surface area contributed by atoms with Crippen molar-refractivity contribution in [2.75, 3.05) is 78.0 Å². The molecule has 4 aromatic carbocycles. The number of fused-ring (bicyclic) bond motifs is 2. The third kappa shape index (κ3) is 19.5. The van der Waals surface area contributed by atoms with E-state index in [1.54, 1.807) is 16.9 Å². The van der Waals surface area contributed by atoms with Crippen LogP contribution in [0.4, 0.5) is 40.3 Å². The first-order valence-corrected chi connectivity index (χ1v) is 34.3. The van der Waals surface area contributed by atoms with E-state index in [4.69, 9.17) is 74.9 Å². The largest absolute Gasteiger partial charge is 0.489 e. The molecule has 1 fully saturated rings. The summed E-state index contributed by atoms with van der Waals surface area (Å²) in [6.45, 7) is 8.20. The maximum absolute atomic E-state index is 14.7. The molecule has 4 N–H and O–H groups in total. The minimum absolute atomic E-state index is 0.0170. The summed E-state index contributed by atoms with van der Waals surface area (Å²) in [5, 5.41) is 13.6. The zero-order valence-corrected chi connectivity index (χ0v) is 56.1. The van der Waals surface area contributed by atoms with E-state index in [9.17, 15) is 64.1 Å². The van der Waals surface area contributed by atoms with Crippen LogP contribution in [0.2, 0.25) is 0 Å². The molecular weight excluding hydrogens is 1360 g/mol. The molecule has 512 valence electrons. The number of nitrogens with zero attached hydrogens (tertiary/aromatic N) is 5. The third-order valence-corrected chi connectivity index (χ3v) is 17.2. The molecule has 5 aromatic rings. The van der Waals surface area contributed by atoms with Gasteiger partial charge in [0.1, 0.15) is 24.0 Å². The van der Waals surface area contributed by atoms with Crippen molar-refractivity contribution in [1.82, 2.24) is 10.5 Å². The lowest BCUT2D eigenvalue weighted by atomic mass is 9.93. The number of hydrogen-bond acceptors (Lipinski definition) is 16. The van der Waals surface area contributed by atoms with Crippen LogP contribution in [0.3, 0.4) is 0 Å². The Kier molecular flexibility index (Phi) is 26.8. The molecule has 0 spiro atoms. The van der Waals surface area contributed by atoms with Crippen LogP contribution >= 0.6 is 42.4 Å². The van der Waals surface area contributed by atoms with Gasteiger partial charge in [-0.3, -0.25) is 48.3 Å². The Morgan fingerprint density at radius 3 is 2.15 bits per heavy atom. The smallest absolute Gasteiger partial charge is 0.416 e. The number of carboxylic acids is 1. The Bertz CT molecular complexity index is 3920. The number of ketones is 1. The van der Waals surface area contributed by atoms with Gasteiger partial charge in [0, 0.05) is 42.1 Å². The minimum atomic E-state index is -4.71. The number of imide groups is 1. The first-order chi connectivity index (χ1) is 44.7. The Morgan fingerprint density at radius 1 is 0.937 bits per heavy atom. The molecule has 23 nitrogen and oxygen atoms in total. The molecule has 0 radical (unpaired) electrons. The number of methoxy groups -OCH3 is 1. The van der Waals surface area contributed by atoms with Gasteiger partial charge in [-0.2, -0.15) is 13.2 Å². The second-order valence-corrected chi connectivity index (χ2v) is 27.0. The van der Waals surface area contributed by atoms with Gasteiger partial charge in [0.05, 0.1) is 83.0 Å². The van der Waals surface area contributed by atoms with Crippen molar-refractivity contribution in [2.45, 2.75) is 107 Å². The molecule has 1 saturated carbocycles. The normalized spacial score (nSPS) is 16.1. The van der Waals surface area contributed by atoms with Gasteiger partial charge in [-0.25, -0.2) is 17.7 Å². The number of sulfone groups is 1. The monoisotopic (exact) mass is 1420 g/mol. The highest BCUT2D eigenvalue weighted by Crippen LogP contribution is 2.44. The van der Waals surface area contributed by atoms with Crippen LogP contribution < -0.4 is 34.4 Å². The molecule has 3 aliphatic heterocycles. The van der Waals surface area contributed by atoms with Crippen molar-refractivity contribution < 1.29 is 97.7 Å². The number of para-hydroxylation sites is 3. The van der Waals surface area contributed by atoms with Crippen molar-refractivity contribution in [2.24, 2.45) is 0 Å². The molecule has 10 rings (SSSR count). The van der Waals surface area contributed by atoms with Crippen molar-refractivity contribution in [3.63, 3.8) is 0 Å². The summed E-state index contributed by atoms with van der Waals surface area (Å²) in [7, 11) is -6.50. The lowest BCUT2D eigenvalue weighted by Gasteiger charge is -2.35. The van der Waals surface area contributed by atoms with Crippen LogP contribution in [-0.2, 0) is 60.5 Å². The fourth-order valence-electron chi connectivity index (χ4n) is 10.4. The molecule has 2 atom stereocenters. The van der Waals surface area contributed by atoms with Crippen LogP contribution in [0.5, 0.6) is 11.5 Å². The van der Waals surface area contributed by atoms with E-state index in [0.717, 1.165) is 77.9 Å². The number of carboxylic acid groups (broad SMARTS) is 1. The average molecular weight is 1430 g/mol. The van der Waals surface area contributed by atoms with E-state index in [2.05, 4.69) is 29.4 Å². The van der Waals surface area contributed by atoms with E-state index < -0.39 is 81.1 Å². The van der Waals surface area contributed by atoms with Crippen molar-refractivity contribution >= 4 is 116 Å². The molecule has 0 bridgehead atoms. The predicted octanol–water partition coefficient (Wildman–Crippen LogP) is 9.70. The van der Waals surface area contributed by atoms with Crippen LogP contribution in [0, 0.1) is 25.1 Å². The van der Waals surface area contributed by atoms with Gasteiger partial charge < -0.3 is 43.4 Å². The zero-order valence-electron chi connectivity index (χ0n) is 52.1. The number of aliphatic carboxylic acids is 1. The van der Waals surface area contributed by atoms with Gasteiger partial charge in [0.2, 0.25) is 5.91 Å². The highest BCUT2D eigenvalue weighted by Gasteiger charge is 2.43. The van der Waals surface area contributed by atoms with Crippen molar-refractivity contribution in [3.05, 3.63) is 130 Å². The summed E-state index contributed by atoms with van der Waals surface area (Å²) in [6.07, 6.45) is 7.15. The summed E-state index contributed by atoms with van der Waals surface area (Å²) in [5.74, 6) is -0.804. The molecule has 2 unspecified atom stereocenters. The highest BCUT2D eigenvalue weighted by molar-refractivity contribution is 7.90. The number of halogens is 7. The number of hydrogen-bond donors (Lipinski definition) is 4. The number of terminal acetylenes is 1. The number of benzene rings is 4. The number of anilines is 4. The van der Waals surface area contributed by atoms with Crippen molar-refractivity contribution in [3.8, 4) is 23.8 Å². The number of amides is 5. The number of aryl methyl sites for hydroxylation is 2. The molecule has 1 aromatic heterocycles. The first kappa shape index (κ1) is 76.3. The van der Waals surface area contributed by atoms with Crippen LogP contribution in [-0.4, -0.2) is 145 Å². The first-order valence-electron chi connectivity index (χ1n) is 29.2. The fraction of sp³-hybridized carbons (Fsp3) is 0.397. The topological polar surface area (TPSA) is 310 Å². The second kappa shape index (κ2) is 33.3. The zero-order chi connectivity index (χ0) is 70.4. The Balaban J connectivity index is 0.000000194. The van der Waals surface area contributed by atoms with Crippen LogP contribution in [0.25, 0.3) is 0 Å². The molecule has 5 amide bonds. The van der Waals surface area contributed by atoms with Gasteiger partial charge in [-0.05, 0) is 113 Å². The van der Waals surface area contributed by atoms with Gasteiger partial charge in [0.15, 0.2) is 38.6 Å². The van der Waals surface area contributed by atoms with E-state index in [0.29, 0.717) is 60.8 Å². The Hall–Kier alpha value is -7.71. The lowest BCUT2D eigenvalue weighted by molar-refractivity contribution is -0.138. The lowest BCUT2D eigenvalue weighted by Crippen LogP contribution is -2.47. The quantitative estimate of drug-likeness (QED) is 0.0168. The summed E-state index contributed by atoms with van der Waals surface area (Å²) < 4.78 is 108. The van der Waals surface area contributed by atoms with Crippen LogP contribution in [0.1, 0.15) is 104 Å². The number of aromatic nitrogens is 1. The molecule has 5 aliphatic rings. The van der Waals surface area contributed by atoms with Gasteiger partial charge in [-0.1, -0.05) is 71.5 Å². The second-order valence-electron chi connectivity index (χ2n) is 22.0. The van der Waals surface area contributed by atoms with Gasteiger partial charge in [0.25, 0.3) is 23.6 Å². The van der Waals surface area contributed by atoms with E-state index >= 15 is 0 Å². The van der Waals surface area contributed by atoms with E-state index in [1.807, 2.05) is 57.2 Å². The molecular formula is C63H68Cl3F4N6O17PS. The molecule has 0 saturated heterocycles. The molecule has 32 heteroatoms. The summed E-state index contributed by atoms with van der Waals surface area (Å²) in [6, 6.07) is 17.7.